The van der Waals surface area contributed by atoms with Crippen LogP contribution in [0, 0.1) is 0 Å². The van der Waals surface area contributed by atoms with Gasteiger partial charge in [-0.3, -0.25) is 9.48 Å². The van der Waals surface area contributed by atoms with Crippen molar-refractivity contribution >= 4 is 34.4 Å². The van der Waals surface area contributed by atoms with Crippen molar-refractivity contribution in [3.8, 4) is 11.1 Å². The molecule has 0 spiro atoms. The van der Waals surface area contributed by atoms with Crippen LogP contribution in [0.3, 0.4) is 0 Å². The number of carboxylic acids is 1. The average molecular weight is 578 g/mol. The first-order valence-electron chi connectivity index (χ1n) is 12.6. The summed E-state index contributed by atoms with van der Waals surface area (Å²) in [6.07, 6.45) is -2.95. The second-order valence-corrected chi connectivity index (χ2v) is 10.0. The van der Waals surface area contributed by atoms with Crippen molar-refractivity contribution in [1.29, 1.82) is 0 Å². The van der Waals surface area contributed by atoms with Crippen LogP contribution in [0.4, 0.5) is 13.2 Å². The quantitative estimate of drug-likeness (QED) is 0.208. The number of carbonyl (C=O) groups is 2. The number of hydrogen-bond acceptors (Lipinski definition) is 3. The van der Waals surface area contributed by atoms with E-state index in [2.05, 4.69) is 10.4 Å². The minimum Gasteiger partial charge on any atom is -0.478 e. The molecule has 0 unspecified atom stereocenters. The zero-order valence-electron chi connectivity index (χ0n) is 21.6. The monoisotopic (exact) mass is 577 g/mol. The molecule has 6 nitrogen and oxygen atoms in total. The molecule has 1 aromatic heterocycles. The molecule has 0 aliphatic rings. The van der Waals surface area contributed by atoms with Crippen LogP contribution in [0.1, 0.15) is 50.4 Å². The fourth-order valence-corrected chi connectivity index (χ4v) is 4.86. The van der Waals surface area contributed by atoms with Crippen LogP contribution in [-0.4, -0.2) is 26.8 Å². The number of alkyl halides is 3. The number of carbonyl (C=O) groups excluding carboxylic acids is 1. The number of benzene rings is 4. The second kappa shape index (κ2) is 11.1. The molecule has 0 aliphatic carbocycles. The van der Waals surface area contributed by atoms with Crippen LogP contribution >= 0.6 is 11.6 Å². The highest BCUT2D eigenvalue weighted by atomic mass is 35.5. The van der Waals surface area contributed by atoms with Crippen molar-refractivity contribution in [1.82, 2.24) is 15.1 Å². The Balaban J connectivity index is 1.57. The van der Waals surface area contributed by atoms with Gasteiger partial charge in [0.25, 0.3) is 5.91 Å². The Morgan fingerprint density at radius 2 is 1.71 bits per heavy atom. The summed E-state index contributed by atoms with van der Waals surface area (Å²) in [7, 11) is 0. The van der Waals surface area contributed by atoms with Gasteiger partial charge in [-0.25, -0.2) is 4.79 Å². The van der Waals surface area contributed by atoms with E-state index < -0.39 is 29.7 Å². The highest BCUT2D eigenvalue weighted by Crippen LogP contribution is 2.34. The third-order valence-electron chi connectivity index (χ3n) is 6.73. The number of rotatable bonds is 7. The lowest BCUT2D eigenvalue weighted by atomic mass is 9.98. The normalized spacial score (nSPS) is 12.3. The Labute approximate surface area is 238 Å². The van der Waals surface area contributed by atoms with Gasteiger partial charge in [0.05, 0.1) is 41.0 Å². The summed E-state index contributed by atoms with van der Waals surface area (Å²) in [4.78, 5) is 24.9. The SMILES string of the molecule is C[C@H](NC(=O)c1cc(-c2cccc(C(F)(F)F)c2)cc2cnn(Cc3cccc(Cl)c3)c12)c1ccc(C(=O)O)cc1. The minimum atomic E-state index is -4.52. The first-order valence-corrected chi connectivity index (χ1v) is 12.9. The molecule has 5 rings (SSSR count). The Kier molecular flexibility index (Phi) is 7.55. The molecule has 0 bridgehead atoms. The van der Waals surface area contributed by atoms with Crippen LogP contribution in [0.5, 0.6) is 0 Å². The first-order chi connectivity index (χ1) is 19.5. The Morgan fingerprint density at radius 3 is 2.39 bits per heavy atom. The smallest absolute Gasteiger partial charge is 0.416 e. The number of halogens is 4. The van der Waals surface area contributed by atoms with Crippen molar-refractivity contribution in [2.24, 2.45) is 0 Å². The van der Waals surface area contributed by atoms with E-state index >= 15 is 0 Å². The van der Waals surface area contributed by atoms with Crippen molar-refractivity contribution < 1.29 is 27.9 Å². The number of amides is 1. The molecule has 0 saturated heterocycles. The molecule has 5 aromatic rings. The van der Waals surface area contributed by atoms with Gasteiger partial charge in [-0.05, 0) is 77.7 Å². The molecule has 41 heavy (non-hydrogen) atoms. The van der Waals surface area contributed by atoms with E-state index in [9.17, 15) is 22.8 Å². The van der Waals surface area contributed by atoms with E-state index in [1.807, 2.05) is 6.07 Å². The molecule has 0 aliphatic heterocycles. The van der Waals surface area contributed by atoms with Gasteiger partial charge in [-0.2, -0.15) is 18.3 Å². The molecule has 10 heteroatoms. The van der Waals surface area contributed by atoms with Gasteiger partial charge in [0.1, 0.15) is 0 Å². The van der Waals surface area contributed by atoms with Crippen molar-refractivity contribution in [2.75, 3.05) is 0 Å². The summed E-state index contributed by atoms with van der Waals surface area (Å²) < 4.78 is 42.0. The highest BCUT2D eigenvalue weighted by molar-refractivity contribution is 6.30. The number of aromatic nitrogens is 2. The molecule has 1 heterocycles. The fraction of sp³-hybridized carbons (Fsp3) is 0.129. The maximum Gasteiger partial charge on any atom is 0.416 e. The average Bonchev–Trinajstić information content (AvgIpc) is 3.34. The molecule has 4 aromatic carbocycles. The summed E-state index contributed by atoms with van der Waals surface area (Å²) in [6, 6.07) is 21.0. The maximum atomic E-state index is 13.7. The van der Waals surface area contributed by atoms with Crippen LogP contribution in [0.2, 0.25) is 5.02 Å². The van der Waals surface area contributed by atoms with Gasteiger partial charge in [-0.15, -0.1) is 0 Å². The first kappa shape index (κ1) is 27.9. The largest absolute Gasteiger partial charge is 0.478 e. The maximum absolute atomic E-state index is 13.7. The fourth-order valence-electron chi connectivity index (χ4n) is 4.65. The molecule has 0 saturated carbocycles. The van der Waals surface area contributed by atoms with Crippen LogP contribution < -0.4 is 5.32 Å². The zero-order valence-corrected chi connectivity index (χ0v) is 22.4. The molecule has 0 fully saturated rings. The molecule has 1 amide bonds. The van der Waals surface area contributed by atoms with Gasteiger partial charge in [-0.1, -0.05) is 48.0 Å². The van der Waals surface area contributed by atoms with E-state index in [1.165, 1.54) is 18.2 Å². The summed E-state index contributed by atoms with van der Waals surface area (Å²) in [5.74, 6) is -1.53. The molecule has 1 atom stereocenters. The predicted molar refractivity (Wildman–Crippen MR) is 150 cm³/mol. The van der Waals surface area contributed by atoms with Crippen LogP contribution in [0.15, 0.2) is 91.1 Å². The number of aromatic carboxylic acids is 1. The highest BCUT2D eigenvalue weighted by Gasteiger charge is 2.30. The van der Waals surface area contributed by atoms with E-state index in [0.717, 1.165) is 17.7 Å². The van der Waals surface area contributed by atoms with E-state index in [0.29, 0.717) is 39.2 Å². The summed E-state index contributed by atoms with van der Waals surface area (Å²) in [5, 5.41) is 17.7. The summed E-state index contributed by atoms with van der Waals surface area (Å²) in [6.45, 7) is 2.06. The Bertz CT molecular complexity index is 1760. The molecule has 208 valence electrons. The minimum absolute atomic E-state index is 0.118. The van der Waals surface area contributed by atoms with Crippen LogP contribution in [0.25, 0.3) is 22.0 Å². The predicted octanol–water partition coefficient (Wildman–Crippen LogP) is 7.61. The number of hydrogen-bond donors (Lipinski definition) is 2. The topological polar surface area (TPSA) is 84.2 Å². The second-order valence-electron chi connectivity index (χ2n) is 9.59. The van der Waals surface area contributed by atoms with Gasteiger partial charge < -0.3 is 10.4 Å². The van der Waals surface area contributed by atoms with Crippen molar-refractivity contribution in [3.63, 3.8) is 0 Å². The zero-order chi connectivity index (χ0) is 29.3. The van der Waals surface area contributed by atoms with E-state index in [1.54, 1.807) is 66.3 Å². The Hall–Kier alpha value is -4.63. The van der Waals surface area contributed by atoms with Crippen molar-refractivity contribution in [2.45, 2.75) is 25.7 Å². The lowest BCUT2D eigenvalue weighted by Gasteiger charge is -2.17. The van der Waals surface area contributed by atoms with Crippen LogP contribution in [-0.2, 0) is 12.7 Å². The molecule has 2 N–H and O–H groups in total. The van der Waals surface area contributed by atoms with Gasteiger partial charge in [0, 0.05) is 10.4 Å². The summed E-state index contributed by atoms with van der Waals surface area (Å²) in [5.41, 5.74) is 2.31. The number of nitrogens with zero attached hydrogens (tertiary/aromatic N) is 2. The molecular weight excluding hydrogens is 555 g/mol. The number of carboxylic acid groups (broad SMARTS) is 1. The van der Waals surface area contributed by atoms with Crippen molar-refractivity contribution in [3.05, 3.63) is 124 Å². The number of nitrogens with one attached hydrogen (secondary N) is 1. The lowest BCUT2D eigenvalue weighted by Crippen LogP contribution is -2.27. The lowest BCUT2D eigenvalue weighted by molar-refractivity contribution is -0.137. The van der Waals surface area contributed by atoms with Gasteiger partial charge in [0.15, 0.2) is 0 Å². The van der Waals surface area contributed by atoms with Gasteiger partial charge in [0.2, 0.25) is 0 Å². The number of fused-ring (bicyclic) bond motifs is 1. The standard InChI is InChI=1S/C31H23ClF3N3O3/c1-18(20-8-10-21(11-9-20)30(40)41)37-29(39)27-15-23(22-5-3-6-25(14-22)31(33,34)35)13-24-16-36-38(28(24)27)17-19-4-2-7-26(32)12-19/h2-16,18H,17H2,1H3,(H,37,39)(H,40,41)/t18-/m0/s1. The van der Waals surface area contributed by atoms with Gasteiger partial charge >= 0.3 is 12.1 Å². The van der Waals surface area contributed by atoms with E-state index in [4.69, 9.17) is 16.7 Å². The molecular formula is C31H23ClF3N3O3. The summed E-state index contributed by atoms with van der Waals surface area (Å²) >= 11 is 6.15. The third kappa shape index (κ3) is 6.10. The molecule has 0 radical (unpaired) electrons. The Morgan fingerprint density at radius 1 is 0.976 bits per heavy atom. The third-order valence-corrected chi connectivity index (χ3v) is 6.96. The van der Waals surface area contributed by atoms with E-state index in [-0.39, 0.29) is 11.1 Å².